The number of carbonyl (C=O) groups excluding carboxylic acids is 1. The van der Waals surface area contributed by atoms with E-state index in [1.54, 1.807) is 30.6 Å². The predicted molar refractivity (Wildman–Crippen MR) is 120 cm³/mol. The Kier molecular flexibility index (Phi) is 6.91. The third-order valence-electron chi connectivity index (χ3n) is 5.63. The van der Waals surface area contributed by atoms with Crippen molar-refractivity contribution in [2.75, 3.05) is 0 Å². The van der Waals surface area contributed by atoms with E-state index in [9.17, 15) is 18.0 Å². The molecular formula is C25H24F3N3O2. The van der Waals surface area contributed by atoms with E-state index in [0.717, 1.165) is 43.5 Å². The summed E-state index contributed by atoms with van der Waals surface area (Å²) >= 11 is 0. The zero-order valence-electron chi connectivity index (χ0n) is 17.8. The molecule has 1 aromatic heterocycles. The summed E-state index contributed by atoms with van der Waals surface area (Å²) in [4.78, 5) is 20.1. The Balaban J connectivity index is 1.30. The molecule has 1 amide bonds. The van der Waals surface area contributed by atoms with Crippen molar-refractivity contribution in [3.8, 4) is 5.75 Å². The summed E-state index contributed by atoms with van der Waals surface area (Å²) in [7, 11) is 0. The zero-order chi connectivity index (χ0) is 23.3. The van der Waals surface area contributed by atoms with Gasteiger partial charge in [0.1, 0.15) is 11.7 Å². The molecule has 1 aromatic carbocycles. The van der Waals surface area contributed by atoms with Gasteiger partial charge in [0.05, 0.1) is 5.56 Å². The van der Waals surface area contributed by atoms with Gasteiger partial charge in [0.2, 0.25) is 6.23 Å². The Morgan fingerprint density at radius 1 is 1.12 bits per heavy atom. The number of aromatic nitrogens is 1. The van der Waals surface area contributed by atoms with Crippen molar-refractivity contribution in [2.45, 2.75) is 44.1 Å². The predicted octanol–water partition coefficient (Wildman–Crippen LogP) is 5.36. The second-order valence-electron chi connectivity index (χ2n) is 8.12. The molecule has 33 heavy (non-hydrogen) atoms. The van der Waals surface area contributed by atoms with Gasteiger partial charge in [0, 0.05) is 24.7 Å². The van der Waals surface area contributed by atoms with Crippen LogP contribution in [0.3, 0.4) is 0 Å². The van der Waals surface area contributed by atoms with E-state index in [1.807, 2.05) is 18.2 Å². The first-order chi connectivity index (χ1) is 15.9. The second-order valence-corrected chi connectivity index (χ2v) is 8.12. The number of nitrogens with zero attached hydrogens (tertiary/aromatic N) is 2. The lowest BCUT2D eigenvalue weighted by Crippen LogP contribution is -2.36. The second kappa shape index (κ2) is 10.0. The number of ether oxygens (including phenoxy) is 1. The van der Waals surface area contributed by atoms with Gasteiger partial charge in [0.15, 0.2) is 0 Å². The monoisotopic (exact) mass is 455 g/mol. The van der Waals surface area contributed by atoms with Crippen molar-refractivity contribution >= 4 is 18.2 Å². The van der Waals surface area contributed by atoms with Gasteiger partial charge in [-0.2, -0.15) is 13.2 Å². The van der Waals surface area contributed by atoms with Crippen molar-refractivity contribution in [3.63, 3.8) is 0 Å². The molecule has 172 valence electrons. The molecule has 1 aliphatic carbocycles. The Labute approximate surface area is 190 Å². The van der Waals surface area contributed by atoms with E-state index in [1.165, 1.54) is 11.6 Å². The molecule has 1 N–H and O–H groups in total. The maximum atomic E-state index is 12.7. The van der Waals surface area contributed by atoms with Crippen LogP contribution in [-0.4, -0.2) is 35.6 Å². The number of amides is 1. The van der Waals surface area contributed by atoms with E-state index in [2.05, 4.69) is 21.4 Å². The highest BCUT2D eigenvalue weighted by molar-refractivity contribution is 5.94. The number of rotatable bonds is 5. The largest absolute Gasteiger partial charge is 0.465 e. The number of pyridine rings is 1. The van der Waals surface area contributed by atoms with Crippen LogP contribution in [0.1, 0.15) is 41.6 Å². The average molecular weight is 455 g/mol. The summed E-state index contributed by atoms with van der Waals surface area (Å²) < 4.78 is 43.9. The number of alkyl halides is 3. The maximum Gasteiger partial charge on any atom is 0.399 e. The molecule has 1 saturated carbocycles. The fourth-order valence-electron chi connectivity index (χ4n) is 3.85. The standard InChI is InChI=1S/C25H24F3N3O2/c26-25(27,28)20-8-11-23(30-16-20)33-22-5-1-3-18(14-22)13-17-6-9-21(10-7-17)31-24(32)19-4-2-12-29-15-19/h1-5,8,11-16,20-21,23H,6-7,9-10H2,(H,31,32). The number of dihydropyridines is 1. The number of nitrogens with one attached hydrogen (secondary N) is 1. The van der Waals surface area contributed by atoms with Gasteiger partial charge in [-0.05, 0) is 61.6 Å². The van der Waals surface area contributed by atoms with Crippen molar-refractivity contribution in [1.82, 2.24) is 10.3 Å². The number of halogens is 3. The van der Waals surface area contributed by atoms with E-state index < -0.39 is 18.3 Å². The van der Waals surface area contributed by atoms with E-state index in [-0.39, 0.29) is 11.9 Å². The molecule has 2 aromatic rings. The smallest absolute Gasteiger partial charge is 0.399 e. The number of hydrogen-bond donors (Lipinski definition) is 1. The van der Waals surface area contributed by atoms with Crippen molar-refractivity contribution in [1.29, 1.82) is 0 Å². The fraction of sp³-hybridized carbons (Fsp3) is 0.320. The minimum absolute atomic E-state index is 0.105. The van der Waals surface area contributed by atoms with Crippen LogP contribution in [0, 0.1) is 5.92 Å². The van der Waals surface area contributed by atoms with E-state index in [0.29, 0.717) is 11.3 Å². The fourth-order valence-corrected chi connectivity index (χ4v) is 3.85. The van der Waals surface area contributed by atoms with Crippen molar-refractivity contribution in [2.24, 2.45) is 10.9 Å². The Morgan fingerprint density at radius 3 is 2.61 bits per heavy atom. The summed E-state index contributed by atoms with van der Waals surface area (Å²) in [6, 6.07) is 11.0. The molecule has 2 heterocycles. The minimum atomic E-state index is -4.34. The Hall–Kier alpha value is -3.42. The molecular weight excluding hydrogens is 431 g/mol. The lowest BCUT2D eigenvalue weighted by atomic mass is 9.89. The van der Waals surface area contributed by atoms with Crippen molar-refractivity contribution < 1.29 is 22.7 Å². The Morgan fingerprint density at radius 2 is 1.94 bits per heavy atom. The van der Waals surface area contributed by atoms with Crippen LogP contribution in [-0.2, 0) is 0 Å². The summed E-state index contributed by atoms with van der Waals surface area (Å²) in [5.41, 5.74) is 2.79. The number of aliphatic imine (C=N–C) groups is 1. The average Bonchev–Trinajstić information content (AvgIpc) is 2.81. The molecule has 2 unspecified atom stereocenters. The van der Waals surface area contributed by atoms with Gasteiger partial charge in [-0.25, -0.2) is 0 Å². The Bertz CT molecular complexity index is 1040. The van der Waals surface area contributed by atoms with Crippen molar-refractivity contribution in [3.05, 3.63) is 77.6 Å². The van der Waals surface area contributed by atoms with E-state index >= 15 is 0 Å². The molecule has 0 radical (unpaired) electrons. The van der Waals surface area contributed by atoms with Gasteiger partial charge in [-0.15, -0.1) is 0 Å². The van der Waals surface area contributed by atoms with Crippen LogP contribution in [0.25, 0.3) is 6.08 Å². The number of carbonyl (C=O) groups is 1. The lowest BCUT2D eigenvalue weighted by Gasteiger charge is -2.25. The van der Waals surface area contributed by atoms with Crippen LogP contribution in [0.2, 0.25) is 0 Å². The molecule has 0 spiro atoms. The third kappa shape index (κ3) is 6.31. The zero-order valence-corrected chi connectivity index (χ0v) is 17.8. The number of benzene rings is 1. The van der Waals surface area contributed by atoms with Gasteiger partial charge in [-0.1, -0.05) is 29.9 Å². The highest BCUT2D eigenvalue weighted by Gasteiger charge is 2.38. The molecule has 8 heteroatoms. The molecule has 4 rings (SSSR count). The first-order valence-corrected chi connectivity index (χ1v) is 10.8. The quantitative estimate of drug-likeness (QED) is 0.618. The topological polar surface area (TPSA) is 63.6 Å². The summed E-state index contributed by atoms with van der Waals surface area (Å²) in [5, 5.41) is 3.07. The normalized spacial score (nSPS) is 22.6. The SMILES string of the molecule is O=C(NC1CCC(=Cc2cccc(OC3C=CC(C(F)(F)F)C=N3)c2)CC1)c1cccnc1. The molecule has 5 nitrogen and oxygen atoms in total. The molecule has 2 aliphatic rings. The van der Waals surface area contributed by atoms with Crippen LogP contribution >= 0.6 is 0 Å². The van der Waals surface area contributed by atoms with Crippen LogP contribution in [0.5, 0.6) is 5.75 Å². The first kappa shape index (κ1) is 22.8. The van der Waals surface area contributed by atoms with Gasteiger partial charge in [0.25, 0.3) is 5.91 Å². The maximum absolute atomic E-state index is 12.7. The molecule has 1 fully saturated rings. The first-order valence-electron chi connectivity index (χ1n) is 10.8. The number of allylic oxidation sites excluding steroid dienone is 2. The molecule has 2 atom stereocenters. The van der Waals surface area contributed by atoms with Gasteiger partial charge < -0.3 is 10.1 Å². The van der Waals surface area contributed by atoms with Gasteiger partial charge >= 0.3 is 6.18 Å². The number of hydrogen-bond acceptors (Lipinski definition) is 4. The van der Waals surface area contributed by atoms with E-state index in [4.69, 9.17) is 4.74 Å². The van der Waals surface area contributed by atoms with Crippen LogP contribution in [0.15, 0.2) is 71.5 Å². The summed E-state index contributed by atoms with van der Waals surface area (Å²) in [6.07, 6.45) is 6.91. The summed E-state index contributed by atoms with van der Waals surface area (Å²) in [6.45, 7) is 0. The minimum Gasteiger partial charge on any atom is -0.465 e. The van der Waals surface area contributed by atoms with Gasteiger partial charge in [-0.3, -0.25) is 14.8 Å². The van der Waals surface area contributed by atoms with Crippen LogP contribution < -0.4 is 10.1 Å². The molecule has 0 bridgehead atoms. The lowest BCUT2D eigenvalue weighted by molar-refractivity contribution is -0.143. The molecule has 1 aliphatic heterocycles. The highest BCUT2D eigenvalue weighted by atomic mass is 19.4. The highest BCUT2D eigenvalue weighted by Crippen LogP contribution is 2.29. The third-order valence-corrected chi connectivity index (χ3v) is 5.63. The van der Waals surface area contributed by atoms with Crippen LogP contribution in [0.4, 0.5) is 13.2 Å². The summed E-state index contributed by atoms with van der Waals surface area (Å²) in [5.74, 6) is -1.23. The molecule has 0 saturated heterocycles.